The fourth-order valence-electron chi connectivity index (χ4n) is 3.45. The quantitative estimate of drug-likeness (QED) is 0.721. The van der Waals surface area contributed by atoms with Crippen LogP contribution in [0.15, 0.2) is 48.5 Å². The number of rotatable bonds is 5. The number of carbonyl (C=O) groups is 1. The summed E-state index contributed by atoms with van der Waals surface area (Å²) in [7, 11) is 1.63. The largest absolute Gasteiger partial charge is 0.497 e. The number of aryl methyl sites for hydroxylation is 1. The number of fused-ring (bicyclic) bond motifs is 1. The van der Waals surface area contributed by atoms with Crippen LogP contribution in [-0.2, 0) is 0 Å². The lowest BCUT2D eigenvalue weighted by Crippen LogP contribution is -2.30. The van der Waals surface area contributed by atoms with Crippen LogP contribution in [0, 0.1) is 18.7 Å². The van der Waals surface area contributed by atoms with Crippen LogP contribution in [0.1, 0.15) is 40.5 Å². The molecule has 138 valence electrons. The SMILES string of the molecule is COc1ccc([C@H](NC(=O)c2cc(C)nc3cc(F)ccc23)C2CC2)cc1. The number of nitrogens with one attached hydrogen (secondary N) is 1. The molecular formula is C22H21FN2O2. The summed E-state index contributed by atoms with van der Waals surface area (Å²) < 4.78 is 18.8. The van der Waals surface area contributed by atoms with Gasteiger partial charge in [0.25, 0.3) is 5.91 Å². The Morgan fingerprint density at radius 2 is 1.93 bits per heavy atom. The van der Waals surface area contributed by atoms with Crippen molar-refractivity contribution in [1.29, 1.82) is 0 Å². The molecule has 0 spiro atoms. The monoisotopic (exact) mass is 364 g/mol. The van der Waals surface area contributed by atoms with Gasteiger partial charge < -0.3 is 10.1 Å². The van der Waals surface area contributed by atoms with Crippen molar-refractivity contribution >= 4 is 16.8 Å². The van der Waals surface area contributed by atoms with Crippen LogP contribution in [0.4, 0.5) is 4.39 Å². The molecular weight excluding hydrogens is 343 g/mol. The second-order valence-electron chi connectivity index (χ2n) is 7.03. The Hall–Kier alpha value is -2.95. The number of nitrogens with zero attached hydrogens (tertiary/aromatic N) is 1. The molecule has 0 unspecified atom stereocenters. The number of benzene rings is 2. The van der Waals surface area contributed by atoms with Crippen molar-refractivity contribution in [2.45, 2.75) is 25.8 Å². The lowest BCUT2D eigenvalue weighted by molar-refractivity contribution is 0.0933. The minimum absolute atomic E-state index is 0.0487. The van der Waals surface area contributed by atoms with Crippen LogP contribution < -0.4 is 10.1 Å². The standard InChI is InChI=1S/C22H21FN2O2/c1-13-11-19(18-10-7-16(23)12-20(18)24-13)22(26)25-21(14-3-4-14)15-5-8-17(27-2)9-6-15/h5-12,14,21H,3-4H2,1-2H3,(H,25,26)/t21-/m1/s1. The lowest BCUT2D eigenvalue weighted by Gasteiger charge is -2.20. The molecule has 2 aromatic carbocycles. The Morgan fingerprint density at radius 3 is 2.59 bits per heavy atom. The van der Waals surface area contributed by atoms with Crippen LogP contribution in [-0.4, -0.2) is 18.0 Å². The Bertz CT molecular complexity index is 992. The zero-order valence-electron chi connectivity index (χ0n) is 15.3. The number of hydrogen-bond acceptors (Lipinski definition) is 3. The van der Waals surface area contributed by atoms with Crippen molar-refractivity contribution in [3.05, 3.63) is 71.2 Å². The third-order valence-corrected chi connectivity index (χ3v) is 5.00. The average Bonchev–Trinajstić information content (AvgIpc) is 3.50. The molecule has 4 nitrogen and oxygen atoms in total. The third-order valence-electron chi connectivity index (χ3n) is 5.00. The van der Waals surface area contributed by atoms with Crippen molar-refractivity contribution in [3.63, 3.8) is 0 Å². The summed E-state index contributed by atoms with van der Waals surface area (Å²) in [6, 6.07) is 13.9. The fourth-order valence-corrected chi connectivity index (χ4v) is 3.45. The first-order valence-corrected chi connectivity index (χ1v) is 9.07. The molecule has 5 heteroatoms. The Labute approximate surface area is 157 Å². The van der Waals surface area contributed by atoms with Gasteiger partial charge in [-0.15, -0.1) is 0 Å². The van der Waals surface area contributed by atoms with Gasteiger partial charge in [-0.25, -0.2) is 4.39 Å². The number of hydrogen-bond donors (Lipinski definition) is 1. The van der Waals surface area contributed by atoms with Crippen LogP contribution in [0.5, 0.6) is 5.75 Å². The summed E-state index contributed by atoms with van der Waals surface area (Å²) in [5, 5.41) is 3.84. The maximum atomic E-state index is 13.6. The van der Waals surface area contributed by atoms with Crippen LogP contribution in [0.3, 0.4) is 0 Å². The highest BCUT2D eigenvalue weighted by Gasteiger charge is 2.34. The van der Waals surface area contributed by atoms with Crippen molar-refractivity contribution < 1.29 is 13.9 Å². The van der Waals surface area contributed by atoms with Gasteiger partial charge in [0.15, 0.2) is 0 Å². The summed E-state index contributed by atoms with van der Waals surface area (Å²) >= 11 is 0. The smallest absolute Gasteiger partial charge is 0.252 e. The summed E-state index contributed by atoms with van der Waals surface area (Å²) in [4.78, 5) is 17.4. The first kappa shape index (κ1) is 17.5. The van der Waals surface area contributed by atoms with Gasteiger partial charge in [0.1, 0.15) is 11.6 Å². The maximum Gasteiger partial charge on any atom is 0.252 e. The first-order valence-electron chi connectivity index (χ1n) is 9.07. The van der Waals surface area contributed by atoms with Crippen molar-refractivity contribution in [3.8, 4) is 5.75 Å². The van der Waals surface area contributed by atoms with Crippen LogP contribution in [0.2, 0.25) is 0 Å². The molecule has 0 aliphatic heterocycles. The van der Waals surface area contributed by atoms with Gasteiger partial charge in [-0.05, 0) is 61.6 Å². The van der Waals surface area contributed by atoms with Gasteiger partial charge in [0.2, 0.25) is 0 Å². The average molecular weight is 364 g/mol. The number of pyridine rings is 1. The maximum absolute atomic E-state index is 13.6. The number of amides is 1. The van der Waals surface area contributed by atoms with E-state index in [2.05, 4.69) is 10.3 Å². The lowest BCUT2D eigenvalue weighted by atomic mass is 10.0. The van der Waals surface area contributed by atoms with Crippen molar-refractivity contribution in [2.75, 3.05) is 7.11 Å². The molecule has 1 saturated carbocycles. The highest BCUT2D eigenvalue weighted by Crippen LogP contribution is 2.41. The van der Waals surface area contributed by atoms with Gasteiger partial charge in [0.05, 0.1) is 24.2 Å². The van der Waals surface area contributed by atoms with Crippen molar-refractivity contribution in [1.82, 2.24) is 10.3 Å². The fraction of sp³-hybridized carbons (Fsp3) is 0.273. The zero-order valence-corrected chi connectivity index (χ0v) is 15.3. The Morgan fingerprint density at radius 1 is 1.19 bits per heavy atom. The number of halogens is 1. The number of ether oxygens (including phenoxy) is 1. The molecule has 1 fully saturated rings. The molecule has 0 radical (unpaired) electrons. The summed E-state index contributed by atoms with van der Waals surface area (Å²) in [5.74, 6) is 0.706. The summed E-state index contributed by atoms with van der Waals surface area (Å²) in [6.07, 6.45) is 2.19. The van der Waals surface area contributed by atoms with Crippen LogP contribution >= 0.6 is 0 Å². The number of methoxy groups -OCH3 is 1. The molecule has 1 aliphatic carbocycles. The second kappa shape index (κ2) is 6.99. The summed E-state index contributed by atoms with van der Waals surface area (Å²) in [5.41, 5.74) is 2.77. The number of aromatic nitrogens is 1. The van der Waals surface area contributed by atoms with E-state index in [-0.39, 0.29) is 17.8 Å². The predicted molar refractivity (Wildman–Crippen MR) is 102 cm³/mol. The topological polar surface area (TPSA) is 51.2 Å². The van der Waals surface area contributed by atoms with Gasteiger partial charge in [-0.3, -0.25) is 9.78 Å². The molecule has 27 heavy (non-hydrogen) atoms. The molecule has 3 aromatic rings. The minimum atomic E-state index is -0.360. The molecule has 0 bridgehead atoms. The second-order valence-corrected chi connectivity index (χ2v) is 7.03. The van der Waals surface area contributed by atoms with E-state index in [1.165, 1.54) is 12.1 Å². The molecule has 1 heterocycles. The Kier molecular flexibility index (Phi) is 4.52. The zero-order chi connectivity index (χ0) is 19.0. The highest BCUT2D eigenvalue weighted by atomic mass is 19.1. The van der Waals surface area contributed by atoms with E-state index in [1.807, 2.05) is 31.2 Å². The highest BCUT2D eigenvalue weighted by molar-refractivity contribution is 6.06. The molecule has 4 rings (SSSR count). The van der Waals surface area contributed by atoms with E-state index in [4.69, 9.17) is 4.74 Å². The molecule has 1 atom stereocenters. The van der Waals surface area contributed by atoms with Crippen LogP contribution in [0.25, 0.3) is 10.9 Å². The van der Waals surface area contributed by atoms with Gasteiger partial charge in [-0.2, -0.15) is 0 Å². The van der Waals surface area contributed by atoms with E-state index in [0.717, 1.165) is 24.2 Å². The molecule has 1 N–H and O–H groups in total. The first-order chi connectivity index (χ1) is 13.0. The third kappa shape index (κ3) is 3.63. The van der Waals surface area contributed by atoms with Gasteiger partial charge >= 0.3 is 0 Å². The molecule has 1 aliphatic rings. The van der Waals surface area contributed by atoms with E-state index in [1.54, 1.807) is 19.2 Å². The minimum Gasteiger partial charge on any atom is -0.497 e. The molecule has 1 aromatic heterocycles. The van der Waals surface area contributed by atoms with Gasteiger partial charge in [-0.1, -0.05) is 12.1 Å². The van der Waals surface area contributed by atoms with E-state index in [0.29, 0.717) is 28.1 Å². The van der Waals surface area contributed by atoms with E-state index >= 15 is 0 Å². The van der Waals surface area contributed by atoms with Gasteiger partial charge in [0, 0.05) is 17.1 Å². The van der Waals surface area contributed by atoms with Crippen molar-refractivity contribution in [2.24, 2.45) is 5.92 Å². The number of carbonyl (C=O) groups excluding carboxylic acids is 1. The predicted octanol–water partition coefficient (Wildman–Crippen LogP) is 4.57. The molecule has 0 saturated heterocycles. The molecule has 1 amide bonds. The Balaban J connectivity index is 1.66. The normalized spacial score (nSPS) is 14.8. The van der Waals surface area contributed by atoms with E-state index < -0.39 is 0 Å². The van der Waals surface area contributed by atoms with E-state index in [9.17, 15) is 9.18 Å². The summed E-state index contributed by atoms with van der Waals surface area (Å²) in [6.45, 7) is 1.81.